The molecule has 0 atom stereocenters. The van der Waals surface area contributed by atoms with Crippen LogP contribution in [0.3, 0.4) is 0 Å². The van der Waals surface area contributed by atoms with Crippen LogP contribution in [0.2, 0.25) is 0 Å². The summed E-state index contributed by atoms with van der Waals surface area (Å²) in [7, 11) is 0. The van der Waals surface area contributed by atoms with E-state index < -0.39 is 12.1 Å². The highest BCUT2D eigenvalue weighted by Crippen LogP contribution is 2.13. The van der Waals surface area contributed by atoms with E-state index in [1.165, 1.54) is 0 Å². The normalized spacial score (nSPS) is 10.4. The lowest BCUT2D eigenvalue weighted by atomic mass is 10.1. The Labute approximate surface area is 131 Å². The lowest BCUT2D eigenvalue weighted by Gasteiger charge is -2.06. The maximum absolute atomic E-state index is 10.6. The molecule has 0 unspecified atom stereocenters. The third kappa shape index (κ3) is 7.32. The Morgan fingerprint density at radius 2 is 1.48 bits per heavy atom. The highest BCUT2D eigenvalue weighted by Gasteiger charge is 2.38. The molecule has 0 aliphatic rings. The molecule has 0 amide bonds. The fourth-order valence-corrected chi connectivity index (χ4v) is 1.45. The van der Waals surface area contributed by atoms with E-state index in [-0.39, 0.29) is 0 Å². The van der Waals surface area contributed by atoms with Gasteiger partial charge in [0.25, 0.3) is 0 Å². The predicted molar refractivity (Wildman–Crippen MR) is 78.8 cm³/mol. The number of carboxylic acid groups (broad SMARTS) is 1. The average molecular weight is 327 g/mol. The summed E-state index contributed by atoms with van der Waals surface area (Å²) in [5.74, 6) is -1.86. The molecule has 0 fully saturated rings. The summed E-state index contributed by atoms with van der Waals surface area (Å²) in [5, 5.41) is 7.12. The Morgan fingerprint density at radius 3 is 1.91 bits per heavy atom. The van der Waals surface area contributed by atoms with E-state index in [0.29, 0.717) is 13.2 Å². The van der Waals surface area contributed by atoms with Gasteiger partial charge in [-0.2, -0.15) is 13.2 Å². The molecule has 124 valence electrons. The molecule has 2 rings (SSSR count). The molecule has 0 spiro atoms. The largest absolute Gasteiger partial charge is 0.490 e. The Morgan fingerprint density at radius 1 is 1.00 bits per heavy atom. The lowest BCUT2D eigenvalue weighted by Crippen LogP contribution is -2.21. The second kappa shape index (κ2) is 8.79. The van der Waals surface area contributed by atoms with E-state index in [1.807, 2.05) is 54.6 Å². The topological polar surface area (TPSA) is 72.5 Å². The number of ether oxygens (including phenoxy) is 1. The van der Waals surface area contributed by atoms with Crippen LogP contribution in [0.25, 0.3) is 0 Å². The van der Waals surface area contributed by atoms with Crippen LogP contribution in [0.1, 0.15) is 11.1 Å². The number of carboxylic acids is 1. The fourth-order valence-electron chi connectivity index (χ4n) is 1.45. The molecule has 2 aromatic rings. The molecule has 3 N–H and O–H groups in total. The van der Waals surface area contributed by atoms with Gasteiger partial charge in [0.05, 0.1) is 0 Å². The summed E-state index contributed by atoms with van der Waals surface area (Å²) in [5.41, 5.74) is 7.83. The molecule has 0 radical (unpaired) electrons. The lowest BCUT2D eigenvalue weighted by molar-refractivity contribution is -0.192. The number of halogens is 3. The molecule has 0 saturated carbocycles. The van der Waals surface area contributed by atoms with Crippen LogP contribution in [0, 0.1) is 0 Å². The molecule has 4 nitrogen and oxygen atoms in total. The first-order valence-electron chi connectivity index (χ1n) is 6.58. The second-order valence-corrected chi connectivity index (χ2v) is 4.43. The van der Waals surface area contributed by atoms with Gasteiger partial charge in [0.15, 0.2) is 0 Å². The number of carbonyl (C=O) groups is 1. The summed E-state index contributed by atoms with van der Waals surface area (Å²) in [6.07, 6.45) is -5.08. The Balaban J connectivity index is 0.000000322. The molecule has 0 heterocycles. The summed E-state index contributed by atoms with van der Waals surface area (Å²) >= 11 is 0. The number of alkyl halides is 3. The van der Waals surface area contributed by atoms with Crippen molar-refractivity contribution in [3.05, 3.63) is 65.7 Å². The fraction of sp³-hybridized carbons (Fsp3) is 0.188. The van der Waals surface area contributed by atoms with Gasteiger partial charge in [-0.3, -0.25) is 0 Å². The summed E-state index contributed by atoms with van der Waals surface area (Å²) in [4.78, 5) is 8.90. The SMILES string of the molecule is NCc1ccc(COc2ccccc2)cc1.O=C(O)C(F)(F)F. The van der Waals surface area contributed by atoms with Crippen molar-refractivity contribution in [3.63, 3.8) is 0 Å². The first-order chi connectivity index (χ1) is 10.8. The molecule has 0 aliphatic carbocycles. The minimum absolute atomic E-state index is 0.583. The molecule has 23 heavy (non-hydrogen) atoms. The number of hydrogen-bond acceptors (Lipinski definition) is 3. The zero-order chi connectivity index (χ0) is 17.3. The molecular weight excluding hydrogens is 311 g/mol. The van der Waals surface area contributed by atoms with E-state index in [0.717, 1.165) is 16.9 Å². The molecule has 0 bridgehead atoms. The molecule has 2 aromatic carbocycles. The van der Waals surface area contributed by atoms with E-state index in [4.69, 9.17) is 20.4 Å². The van der Waals surface area contributed by atoms with Crippen molar-refractivity contribution in [2.45, 2.75) is 19.3 Å². The van der Waals surface area contributed by atoms with Crippen molar-refractivity contribution in [1.82, 2.24) is 0 Å². The standard InChI is InChI=1S/C14H15NO.C2HF3O2/c15-10-12-6-8-13(9-7-12)11-16-14-4-2-1-3-5-14;3-2(4,5)1(6)7/h1-9H,10-11,15H2;(H,6,7). The number of para-hydroxylation sites is 1. The van der Waals surface area contributed by atoms with Gasteiger partial charge in [0.2, 0.25) is 0 Å². The van der Waals surface area contributed by atoms with Crippen LogP contribution in [0.5, 0.6) is 5.75 Å². The van der Waals surface area contributed by atoms with E-state index >= 15 is 0 Å². The monoisotopic (exact) mass is 327 g/mol. The van der Waals surface area contributed by atoms with Crippen LogP contribution >= 0.6 is 0 Å². The van der Waals surface area contributed by atoms with Gasteiger partial charge in [-0.15, -0.1) is 0 Å². The first kappa shape index (κ1) is 18.5. The van der Waals surface area contributed by atoms with E-state index in [2.05, 4.69) is 0 Å². The van der Waals surface area contributed by atoms with Crippen LogP contribution in [0.15, 0.2) is 54.6 Å². The average Bonchev–Trinajstić information content (AvgIpc) is 2.54. The summed E-state index contributed by atoms with van der Waals surface area (Å²) < 4.78 is 37.4. The smallest absolute Gasteiger partial charge is 0.489 e. The van der Waals surface area contributed by atoms with Crippen molar-refractivity contribution in [1.29, 1.82) is 0 Å². The number of rotatable bonds is 4. The van der Waals surface area contributed by atoms with Gasteiger partial charge in [0.1, 0.15) is 12.4 Å². The maximum Gasteiger partial charge on any atom is 0.490 e. The second-order valence-electron chi connectivity index (χ2n) is 4.43. The number of benzene rings is 2. The Hall–Kier alpha value is -2.54. The molecule has 0 aliphatic heterocycles. The molecule has 0 aromatic heterocycles. The number of aliphatic carboxylic acids is 1. The van der Waals surface area contributed by atoms with E-state index in [1.54, 1.807) is 0 Å². The van der Waals surface area contributed by atoms with Crippen LogP contribution < -0.4 is 10.5 Å². The van der Waals surface area contributed by atoms with Gasteiger partial charge >= 0.3 is 12.1 Å². The third-order valence-corrected chi connectivity index (χ3v) is 2.65. The van der Waals surface area contributed by atoms with Crippen LogP contribution in [0.4, 0.5) is 13.2 Å². The molecule has 7 heteroatoms. The van der Waals surface area contributed by atoms with Crippen molar-refractivity contribution in [2.24, 2.45) is 5.73 Å². The van der Waals surface area contributed by atoms with Crippen molar-refractivity contribution < 1.29 is 27.8 Å². The minimum Gasteiger partial charge on any atom is -0.489 e. The van der Waals surface area contributed by atoms with Crippen LogP contribution in [-0.2, 0) is 17.9 Å². The van der Waals surface area contributed by atoms with E-state index in [9.17, 15) is 13.2 Å². The predicted octanol–water partition coefficient (Wildman–Crippen LogP) is 3.36. The Bertz CT molecular complexity index is 598. The highest BCUT2D eigenvalue weighted by molar-refractivity contribution is 5.73. The van der Waals surface area contributed by atoms with Crippen molar-refractivity contribution in [2.75, 3.05) is 0 Å². The number of hydrogen-bond donors (Lipinski definition) is 2. The maximum atomic E-state index is 10.6. The van der Waals surface area contributed by atoms with Crippen molar-refractivity contribution >= 4 is 5.97 Å². The van der Waals surface area contributed by atoms with Gasteiger partial charge in [-0.05, 0) is 23.3 Å². The third-order valence-electron chi connectivity index (χ3n) is 2.65. The molecule has 0 saturated heterocycles. The number of nitrogens with two attached hydrogens (primary N) is 1. The quantitative estimate of drug-likeness (QED) is 0.903. The Kier molecular flexibility index (Phi) is 7.08. The van der Waals surface area contributed by atoms with Gasteiger partial charge in [-0.1, -0.05) is 42.5 Å². The van der Waals surface area contributed by atoms with Crippen molar-refractivity contribution in [3.8, 4) is 5.75 Å². The highest BCUT2D eigenvalue weighted by atomic mass is 19.4. The zero-order valence-corrected chi connectivity index (χ0v) is 12.1. The summed E-state index contributed by atoms with van der Waals surface area (Å²) in [6.45, 7) is 1.18. The van der Waals surface area contributed by atoms with Crippen LogP contribution in [-0.4, -0.2) is 17.3 Å². The van der Waals surface area contributed by atoms with Gasteiger partial charge in [0, 0.05) is 6.54 Å². The summed E-state index contributed by atoms with van der Waals surface area (Å²) in [6, 6.07) is 18.0. The minimum atomic E-state index is -5.08. The molecular formula is C16H16F3NO3. The zero-order valence-electron chi connectivity index (χ0n) is 12.1. The first-order valence-corrected chi connectivity index (χ1v) is 6.58. The van der Waals surface area contributed by atoms with Gasteiger partial charge in [-0.25, -0.2) is 4.79 Å². The van der Waals surface area contributed by atoms with Gasteiger partial charge < -0.3 is 15.6 Å².